The molecule has 0 fully saturated rings. The lowest BCUT2D eigenvalue weighted by molar-refractivity contribution is 0.0949. The van der Waals surface area contributed by atoms with Crippen molar-refractivity contribution in [3.8, 4) is 0 Å². The van der Waals surface area contributed by atoms with E-state index in [2.05, 4.69) is 40.8 Å². The van der Waals surface area contributed by atoms with Crippen LogP contribution in [0.2, 0.25) is 0 Å². The predicted octanol–water partition coefficient (Wildman–Crippen LogP) is 4.88. The predicted molar refractivity (Wildman–Crippen MR) is 106 cm³/mol. The Bertz CT molecular complexity index is 738. The standard InChI is InChI=1S/C22H27N3O/c1-17(19-10-6-3-7-11-19)25-20-12-13-21(24-16-20)22(26)23-15-14-18-8-4-2-5-9-18/h3,6-8,10-13,16-17,25H,2,4-5,9,14-15H2,1H3,(H,23,26). The highest BCUT2D eigenvalue weighted by Crippen LogP contribution is 2.20. The third kappa shape index (κ3) is 5.19. The SMILES string of the molecule is CC(Nc1ccc(C(=O)NCCC2=CCCCC2)nc1)c1ccccc1. The van der Waals surface area contributed by atoms with Gasteiger partial charge in [-0.3, -0.25) is 4.79 Å². The first-order chi connectivity index (χ1) is 12.7. The molecule has 1 unspecified atom stereocenters. The Morgan fingerprint density at radius 3 is 2.69 bits per heavy atom. The van der Waals surface area contributed by atoms with Gasteiger partial charge in [-0.2, -0.15) is 0 Å². The van der Waals surface area contributed by atoms with Crippen LogP contribution in [0.4, 0.5) is 5.69 Å². The summed E-state index contributed by atoms with van der Waals surface area (Å²) in [5.41, 5.74) is 4.05. The summed E-state index contributed by atoms with van der Waals surface area (Å²) in [4.78, 5) is 16.5. The molecule has 0 spiro atoms. The zero-order chi connectivity index (χ0) is 18.2. The molecule has 4 heteroatoms. The quantitative estimate of drug-likeness (QED) is 0.701. The molecule has 0 aliphatic heterocycles. The Morgan fingerprint density at radius 2 is 2.00 bits per heavy atom. The third-order valence-electron chi connectivity index (χ3n) is 4.80. The van der Waals surface area contributed by atoms with Crippen molar-refractivity contribution in [1.82, 2.24) is 10.3 Å². The van der Waals surface area contributed by atoms with Crippen LogP contribution in [0.3, 0.4) is 0 Å². The molecule has 0 bridgehead atoms. The van der Waals surface area contributed by atoms with E-state index in [0.29, 0.717) is 12.2 Å². The minimum atomic E-state index is -0.107. The number of anilines is 1. The topological polar surface area (TPSA) is 54.0 Å². The maximum atomic E-state index is 12.2. The minimum Gasteiger partial charge on any atom is -0.377 e. The summed E-state index contributed by atoms with van der Waals surface area (Å²) in [5.74, 6) is -0.107. The van der Waals surface area contributed by atoms with E-state index in [1.807, 2.05) is 24.3 Å². The number of carbonyl (C=O) groups excluding carboxylic acids is 1. The number of hydrogen-bond donors (Lipinski definition) is 2. The molecule has 1 aromatic carbocycles. The lowest BCUT2D eigenvalue weighted by atomic mass is 9.97. The van der Waals surface area contributed by atoms with Crippen molar-refractivity contribution < 1.29 is 4.79 Å². The highest BCUT2D eigenvalue weighted by atomic mass is 16.1. The fourth-order valence-electron chi connectivity index (χ4n) is 3.25. The normalized spacial score (nSPS) is 15.0. The number of benzene rings is 1. The number of aromatic nitrogens is 1. The highest BCUT2D eigenvalue weighted by molar-refractivity contribution is 5.92. The van der Waals surface area contributed by atoms with Crippen molar-refractivity contribution in [3.05, 3.63) is 71.6 Å². The van der Waals surface area contributed by atoms with Gasteiger partial charge in [0.25, 0.3) is 5.91 Å². The number of carbonyl (C=O) groups is 1. The molecular weight excluding hydrogens is 322 g/mol. The van der Waals surface area contributed by atoms with Crippen LogP contribution in [0.1, 0.15) is 61.1 Å². The van der Waals surface area contributed by atoms with Crippen LogP contribution < -0.4 is 10.6 Å². The van der Waals surface area contributed by atoms with E-state index in [0.717, 1.165) is 12.1 Å². The van der Waals surface area contributed by atoms with E-state index in [9.17, 15) is 4.79 Å². The minimum absolute atomic E-state index is 0.107. The number of rotatable bonds is 7. The van der Waals surface area contributed by atoms with Gasteiger partial charge in [0.05, 0.1) is 11.9 Å². The summed E-state index contributed by atoms with van der Waals surface area (Å²) in [7, 11) is 0. The van der Waals surface area contributed by atoms with Gasteiger partial charge in [0.15, 0.2) is 0 Å². The molecule has 1 atom stereocenters. The molecule has 136 valence electrons. The molecule has 3 rings (SSSR count). The summed E-state index contributed by atoms with van der Waals surface area (Å²) < 4.78 is 0. The monoisotopic (exact) mass is 349 g/mol. The summed E-state index contributed by atoms with van der Waals surface area (Å²) in [6, 6.07) is 14.1. The first-order valence-corrected chi connectivity index (χ1v) is 9.46. The molecule has 26 heavy (non-hydrogen) atoms. The van der Waals surface area contributed by atoms with E-state index in [1.54, 1.807) is 12.3 Å². The summed E-state index contributed by atoms with van der Waals surface area (Å²) in [6.45, 7) is 2.79. The third-order valence-corrected chi connectivity index (χ3v) is 4.80. The maximum absolute atomic E-state index is 12.2. The van der Waals surface area contributed by atoms with E-state index < -0.39 is 0 Å². The second-order valence-electron chi connectivity index (χ2n) is 6.82. The molecule has 1 aliphatic carbocycles. The second kappa shape index (κ2) is 9.18. The fourth-order valence-corrected chi connectivity index (χ4v) is 3.25. The lowest BCUT2D eigenvalue weighted by Crippen LogP contribution is -2.25. The van der Waals surface area contributed by atoms with Gasteiger partial charge >= 0.3 is 0 Å². The molecule has 2 N–H and O–H groups in total. The van der Waals surface area contributed by atoms with E-state index in [-0.39, 0.29) is 11.9 Å². The number of nitrogens with zero attached hydrogens (tertiary/aromatic N) is 1. The summed E-state index contributed by atoms with van der Waals surface area (Å²) >= 11 is 0. The molecule has 0 saturated carbocycles. The number of nitrogens with one attached hydrogen (secondary N) is 2. The van der Waals surface area contributed by atoms with Crippen LogP contribution >= 0.6 is 0 Å². The van der Waals surface area contributed by atoms with Gasteiger partial charge in [-0.15, -0.1) is 0 Å². The Balaban J connectivity index is 1.48. The van der Waals surface area contributed by atoms with Crippen LogP contribution in [-0.2, 0) is 0 Å². The smallest absolute Gasteiger partial charge is 0.269 e. The van der Waals surface area contributed by atoms with Crippen LogP contribution in [0.15, 0.2) is 60.3 Å². The maximum Gasteiger partial charge on any atom is 0.269 e. The summed E-state index contributed by atoms with van der Waals surface area (Å²) in [6.07, 6.45) is 9.91. The van der Waals surface area contributed by atoms with Crippen molar-refractivity contribution in [2.45, 2.75) is 45.1 Å². The van der Waals surface area contributed by atoms with Gasteiger partial charge in [0, 0.05) is 12.6 Å². The van der Waals surface area contributed by atoms with Gasteiger partial charge in [-0.05, 0) is 56.7 Å². The van der Waals surface area contributed by atoms with E-state index in [4.69, 9.17) is 0 Å². The zero-order valence-electron chi connectivity index (χ0n) is 15.4. The van der Waals surface area contributed by atoms with Gasteiger partial charge in [0.2, 0.25) is 0 Å². The molecule has 1 aliphatic rings. The fraction of sp³-hybridized carbons (Fsp3) is 0.364. The largest absolute Gasteiger partial charge is 0.377 e. The second-order valence-corrected chi connectivity index (χ2v) is 6.82. The Hall–Kier alpha value is -2.62. The molecule has 1 aromatic heterocycles. The number of pyridine rings is 1. The van der Waals surface area contributed by atoms with Crippen LogP contribution in [-0.4, -0.2) is 17.4 Å². The molecule has 0 saturated heterocycles. The van der Waals surface area contributed by atoms with Crippen LogP contribution in [0.25, 0.3) is 0 Å². The van der Waals surface area contributed by atoms with Crippen LogP contribution in [0.5, 0.6) is 0 Å². The van der Waals surface area contributed by atoms with Gasteiger partial charge in [0.1, 0.15) is 5.69 Å². The Labute approximate surface area is 155 Å². The van der Waals surface area contributed by atoms with Gasteiger partial charge in [-0.25, -0.2) is 4.98 Å². The molecule has 2 aromatic rings. The number of allylic oxidation sites excluding steroid dienone is 1. The van der Waals surface area contributed by atoms with Crippen molar-refractivity contribution >= 4 is 11.6 Å². The molecule has 4 nitrogen and oxygen atoms in total. The lowest BCUT2D eigenvalue weighted by Gasteiger charge is -2.15. The summed E-state index contributed by atoms with van der Waals surface area (Å²) in [5, 5.41) is 6.38. The molecule has 1 amide bonds. The van der Waals surface area contributed by atoms with Gasteiger partial charge in [-0.1, -0.05) is 42.0 Å². The van der Waals surface area contributed by atoms with Crippen molar-refractivity contribution in [2.24, 2.45) is 0 Å². The molecular formula is C22H27N3O. The van der Waals surface area contributed by atoms with Crippen molar-refractivity contribution in [2.75, 3.05) is 11.9 Å². The van der Waals surface area contributed by atoms with E-state index >= 15 is 0 Å². The average Bonchev–Trinajstić information content (AvgIpc) is 2.70. The number of hydrogen-bond acceptors (Lipinski definition) is 3. The zero-order valence-corrected chi connectivity index (χ0v) is 15.4. The Kier molecular flexibility index (Phi) is 6.42. The van der Waals surface area contributed by atoms with Gasteiger partial charge < -0.3 is 10.6 Å². The van der Waals surface area contributed by atoms with E-state index in [1.165, 1.54) is 36.8 Å². The first-order valence-electron chi connectivity index (χ1n) is 9.46. The number of amides is 1. The average molecular weight is 349 g/mol. The van der Waals surface area contributed by atoms with Crippen molar-refractivity contribution in [3.63, 3.8) is 0 Å². The van der Waals surface area contributed by atoms with Crippen molar-refractivity contribution in [1.29, 1.82) is 0 Å². The first kappa shape index (κ1) is 18.2. The Morgan fingerprint density at radius 1 is 1.15 bits per heavy atom. The highest BCUT2D eigenvalue weighted by Gasteiger charge is 2.09. The molecule has 1 heterocycles. The molecule has 0 radical (unpaired) electrons. The van der Waals surface area contributed by atoms with Crippen LogP contribution in [0, 0.1) is 0 Å².